The molecule has 1 amide bonds. The van der Waals surface area contributed by atoms with Gasteiger partial charge in [-0.15, -0.1) is 0 Å². The molecule has 0 bridgehead atoms. The average Bonchev–Trinajstić information content (AvgIpc) is 3.03. The smallest absolute Gasteiger partial charge is 0.346 e. The number of nitrogens with zero attached hydrogens (tertiary/aromatic N) is 2. The molecule has 2 unspecified atom stereocenters. The van der Waals surface area contributed by atoms with E-state index < -0.39 is 24.0 Å². The van der Waals surface area contributed by atoms with Crippen LogP contribution in [0.15, 0.2) is 30.6 Å². The van der Waals surface area contributed by atoms with Gasteiger partial charge in [0.2, 0.25) is 0 Å². The van der Waals surface area contributed by atoms with E-state index in [-0.39, 0.29) is 18.8 Å². The van der Waals surface area contributed by atoms with Crippen molar-refractivity contribution in [2.24, 2.45) is 5.92 Å². The Hall–Kier alpha value is -2.09. The van der Waals surface area contributed by atoms with Crippen molar-refractivity contribution in [1.29, 1.82) is 0 Å². The molecular formula is C13H13F3N4O. The number of carbonyl (C=O) groups is 1. The summed E-state index contributed by atoms with van der Waals surface area (Å²) in [6.07, 6.45) is -1.33. The number of rotatable bonds is 2. The minimum absolute atomic E-state index is 0.104. The van der Waals surface area contributed by atoms with Crippen LogP contribution in [0.2, 0.25) is 0 Å². The fraction of sp³-hybridized carbons (Fsp3) is 0.385. The Kier molecular flexibility index (Phi) is 3.32. The Labute approximate surface area is 118 Å². The minimum atomic E-state index is -4.33. The third-order valence-electron chi connectivity index (χ3n) is 3.60. The molecule has 0 saturated carbocycles. The van der Waals surface area contributed by atoms with Gasteiger partial charge in [-0.25, -0.2) is 4.98 Å². The van der Waals surface area contributed by atoms with Crippen LogP contribution < -0.4 is 10.6 Å². The highest BCUT2D eigenvalue weighted by Gasteiger charge is 2.47. The first-order chi connectivity index (χ1) is 9.97. The molecule has 8 heteroatoms. The molecule has 0 spiro atoms. The van der Waals surface area contributed by atoms with Gasteiger partial charge < -0.3 is 10.6 Å². The number of fused-ring (bicyclic) bond motifs is 1. The Bertz CT molecular complexity index is 667. The number of amides is 1. The minimum Gasteiger partial charge on any atom is -0.346 e. The molecule has 2 aromatic rings. The van der Waals surface area contributed by atoms with Gasteiger partial charge >= 0.3 is 6.18 Å². The summed E-state index contributed by atoms with van der Waals surface area (Å²) in [5.74, 6) is -2.13. The molecule has 0 aromatic carbocycles. The van der Waals surface area contributed by atoms with Gasteiger partial charge in [-0.05, 0) is 12.1 Å². The van der Waals surface area contributed by atoms with Crippen molar-refractivity contribution < 1.29 is 18.0 Å². The van der Waals surface area contributed by atoms with Gasteiger partial charge in [-0.2, -0.15) is 13.2 Å². The zero-order valence-electron chi connectivity index (χ0n) is 10.9. The molecule has 1 aliphatic heterocycles. The second kappa shape index (κ2) is 5.03. The molecule has 0 aliphatic carbocycles. The van der Waals surface area contributed by atoms with Gasteiger partial charge in [0.05, 0.1) is 18.2 Å². The highest BCUT2D eigenvalue weighted by Crippen LogP contribution is 2.30. The molecule has 3 heterocycles. The second-order valence-electron chi connectivity index (χ2n) is 4.96. The van der Waals surface area contributed by atoms with Crippen molar-refractivity contribution in [2.75, 3.05) is 13.1 Å². The van der Waals surface area contributed by atoms with Crippen molar-refractivity contribution >= 4 is 11.6 Å². The summed E-state index contributed by atoms with van der Waals surface area (Å²) in [5.41, 5.74) is 0.790. The van der Waals surface area contributed by atoms with E-state index in [2.05, 4.69) is 15.6 Å². The van der Waals surface area contributed by atoms with E-state index in [0.717, 1.165) is 0 Å². The number of alkyl halides is 3. The summed E-state index contributed by atoms with van der Waals surface area (Å²) < 4.78 is 40.1. The summed E-state index contributed by atoms with van der Waals surface area (Å²) >= 11 is 0. The Morgan fingerprint density at radius 3 is 2.95 bits per heavy atom. The van der Waals surface area contributed by atoms with E-state index in [9.17, 15) is 18.0 Å². The molecule has 2 atom stereocenters. The number of aromatic nitrogens is 2. The lowest BCUT2D eigenvalue weighted by molar-refractivity contribution is -0.173. The number of pyridine rings is 1. The van der Waals surface area contributed by atoms with Crippen molar-refractivity contribution in [3.63, 3.8) is 0 Å². The molecule has 0 radical (unpaired) electrons. The molecule has 21 heavy (non-hydrogen) atoms. The summed E-state index contributed by atoms with van der Waals surface area (Å²) in [6.45, 7) is -0.0751. The highest BCUT2D eigenvalue weighted by atomic mass is 19.4. The number of imidazole rings is 1. The van der Waals surface area contributed by atoms with E-state index in [1.165, 1.54) is 6.20 Å². The van der Waals surface area contributed by atoms with E-state index in [4.69, 9.17) is 0 Å². The first-order valence-corrected chi connectivity index (χ1v) is 6.47. The molecular weight excluding hydrogens is 285 g/mol. The van der Waals surface area contributed by atoms with E-state index >= 15 is 0 Å². The third kappa shape index (κ3) is 2.58. The van der Waals surface area contributed by atoms with Crippen LogP contribution in [0.1, 0.15) is 10.5 Å². The highest BCUT2D eigenvalue weighted by molar-refractivity contribution is 5.93. The van der Waals surface area contributed by atoms with Crippen molar-refractivity contribution in [3.8, 4) is 0 Å². The van der Waals surface area contributed by atoms with Crippen LogP contribution in [0, 0.1) is 5.92 Å². The molecule has 3 rings (SSSR count). The predicted octanol–water partition coefficient (Wildman–Crippen LogP) is 1.21. The van der Waals surface area contributed by atoms with Crippen molar-refractivity contribution in [3.05, 3.63) is 36.3 Å². The Balaban J connectivity index is 1.80. The maximum Gasteiger partial charge on any atom is 0.395 e. The van der Waals surface area contributed by atoms with Crippen LogP contribution in [0.4, 0.5) is 13.2 Å². The molecule has 112 valence electrons. The van der Waals surface area contributed by atoms with Gasteiger partial charge in [-0.3, -0.25) is 9.20 Å². The summed E-state index contributed by atoms with van der Waals surface area (Å²) in [6, 6.07) is 4.24. The maximum atomic E-state index is 12.8. The number of carbonyl (C=O) groups excluding carboxylic acids is 1. The van der Waals surface area contributed by atoms with Crippen LogP contribution in [0.25, 0.3) is 5.65 Å². The fourth-order valence-electron chi connectivity index (χ4n) is 2.52. The molecule has 1 fully saturated rings. The van der Waals surface area contributed by atoms with Crippen LogP contribution in [0.3, 0.4) is 0 Å². The lowest BCUT2D eigenvalue weighted by Gasteiger charge is -2.22. The van der Waals surface area contributed by atoms with Crippen molar-refractivity contribution in [1.82, 2.24) is 20.0 Å². The normalized spacial score (nSPS) is 22.6. The largest absolute Gasteiger partial charge is 0.395 e. The van der Waals surface area contributed by atoms with Crippen molar-refractivity contribution in [2.45, 2.75) is 12.2 Å². The predicted molar refractivity (Wildman–Crippen MR) is 68.9 cm³/mol. The number of hydrogen-bond donors (Lipinski definition) is 2. The summed E-state index contributed by atoms with van der Waals surface area (Å²) in [4.78, 5) is 16.2. The van der Waals surface area contributed by atoms with Gasteiger partial charge in [0.15, 0.2) is 0 Å². The lowest BCUT2D eigenvalue weighted by Crippen LogP contribution is -2.45. The molecule has 2 N–H and O–H groups in total. The zero-order valence-corrected chi connectivity index (χ0v) is 10.9. The van der Waals surface area contributed by atoms with E-state index in [1.807, 2.05) is 0 Å². The van der Waals surface area contributed by atoms with Crippen LogP contribution in [-0.4, -0.2) is 40.6 Å². The standard InChI is InChI=1S/C13H13F3N4O/c14-13(15,16)8-5-17-6-9(8)19-12(21)10-7-18-11-3-1-2-4-20(10)11/h1-4,7-9,17H,5-6H2,(H,19,21). The van der Waals surface area contributed by atoms with E-state index in [0.29, 0.717) is 5.65 Å². The summed E-state index contributed by atoms with van der Waals surface area (Å²) in [7, 11) is 0. The quantitative estimate of drug-likeness (QED) is 0.876. The number of halogens is 3. The van der Waals surface area contributed by atoms with Crippen LogP contribution >= 0.6 is 0 Å². The number of hydrogen-bond acceptors (Lipinski definition) is 3. The second-order valence-corrected chi connectivity index (χ2v) is 4.96. The molecule has 2 aromatic heterocycles. The summed E-state index contributed by atoms with van der Waals surface area (Å²) in [5, 5.41) is 5.11. The van der Waals surface area contributed by atoms with Gasteiger partial charge in [0.25, 0.3) is 5.91 Å². The average molecular weight is 298 g/mol. The molecule has 1 aliphatic rings. The van der Waals surface area contributed by atoms with Crippen LogP contribution in [-0.2, 0) is 0 Å². The van der Waals surface area contributed by atoms with Gasteiger partial charge in [-0.1, -0.05) is 6.07 Å². The molecule has 5 nitrogen and oxygen atoms in total. The lowest BCUT2D eigenvalue weighted by atomic mass is 10.0. The topological polar surface area (TPSA) is 58.4 Å². The maximum absolute atomic E-state index is 12.8. The fourth-order valence-corrected chi connectivity index (χ4v) is 2.52. The van der Waals surface area contributed by atoms with Gasteiger partial charge in [0.1, 0.15) is 11.3 Å². The SMILES string of the molecule is O=C(NC1CNCC1C(F)(F)F)c1cnc2ccccn12. The van der Waals surface area contributed by atoms with Crippen LogP contribution in [0.5, 0.6) is 0 Å². The first-order valence-electron chi connectivity index (χ1n) is 6.47. The number of nitrogens with one attached hydrogen (secondary N) is 2. The molecule has 1 saturated heterocycles. The van der Waals surface area contributed by atoms with Gasteiger partial charge in [0, 0.05) is 19.3 Å². The zero-order chi connectivity index (χ0) is 15.0. The van der Waals surface area contributed by atoms with E-state index in [1.54, 1.807) is 28.8 Å². The Morgan fingerprint density at radius 1 is 1.38 bits per heavy atom. The third-order valence-corrected chi connectivity index (χ3v) is 3.60. The first kappa shape index (κ1) is 13.9. The monoisotopic (exact) mass is 298 g/mol. The Morgan fingerprint density at radius 2 is 2.19 bits per heavy atom.